The fourth-order valence-electron chi connectivity index (χ4n) is 3.29. The Kier molecular flexibility index (Phi) is 6.94. The van der Waals surface area contributed by atoms with Gasteiger partial charge in [-0.05, 0) is 43.3 Å². The normalized spacial score (nSPS) is 13.9. The molecule has 0 atom stereocenters. The summed E-state index contributed by atoms with van der Waals surface area (Å²) in [7, 11) is 0. The van der Waals surface area contributed by atoms with Crippen LogP contribution in [0, 0.1) is 6.92 Å². The number of amides is 1. The third-order valence-electron chi connectivity index (χ3n) is 5.03. The Hall–Kier alpha value is -2.77. The van der Waals surface area contributed by atoms with E-state index < -0.39 is 0 Å². The van der Waals surface area contributed by atoms with E-state index in [4.69, 9.17) is 16.3 Å². The lowest BCUT2D eigenvalue weighted by atomic mass is 10.2. The van der Waals surface area contributed by atoms with Gasteiger partial charge in [-0.3, -0.25) is 4.79 Å². The molecule has 0 bridgehead atoms. The van der Waals surface area contributed by atoms with Gasteiger partial charge in [-0.15, -0.1) is 0 Å². The highest BCUT2D eigenvalue weighted by atomic mass is 35.5. The average Bonchev–Trinajstić information content (AvgIpc) is 2.80. The molecule has 6 nitrogen and oxygen atoms in total. The van der Waals surface area contributed by atoms with Crippen molar-refractivity contribution in [3.63, 3.8) is 0 Å². The number of benzene rings is 2. The van der Waals surface area contributed by atoms with Crippen LogP contribution in [0.4, 0.5) is 5.69 Å². The van der Waals surface area contributed by atoms with Crippen molar-refractivity contribution in [2.45, 2.75) is 11.9 Å². The molecule has 1 saturated heterocycles. The van der Waals surface area contributed by atoms with Gasteiger partial charge in [-0.2, -0.15) is 0 Å². The van der Waals surface area contributed by atoms with Gasteiger partial charge in [0.15, 0.2) is 5.03 Å². The number of aromatic nitrogens is 2. The number of hydrogen-bond acceptors (Lipinski definition) is 6. The van der Waals surface area contributed by atoms with E-state index in [0.29, 0.717) is 35.5 Å². The summed E-state index contributed by atoms with van der Waals surface area (Å²) in [5, 5.41) is 1.33. The monoisotopic (exact) mass is 454 g/mol. The number of thioether (sulfide) groups is 1. The minimum absolute atomic E-state index is 0.0905. The zero-order valence-corrected chi connectivity index (χ0v) is 18.8. The molecule has 0 saturated carbocycles. The summed E-state index contributed by atoms with van der Waals surface area (Å²) < 4.78 is 5.88. The van der Waals surface area contributed by atoms with Crippen LogP contribution in [0.3, 0.4) is 0 Å². The Labute approximate surface area is 191 Å². The minimum Gasteiger partial charge on any atom is -0.437 e. The number of piperazine rings is 1. The molecule has 0 N–H and O–H groups in total. The van der Waals surface area contributed by atoms with Crippen LogP contribution >= 0.6 is 23.4 Å². The van der Waals surface area contributed by atoms with Crippen LogP contribution < -0.4 is 9.64 Å². The van der Waals surface area contributed by atoms with Gasteiger partial charge in [0.25, 0.3) is 5.88 Å². The Morgan fingerprint density at radius 1 is 1.00 bits per heavy atom. The predicted octanol–water partition coefficient (Wildman–Crippen LogP) is 4.67. The lowest BCUT2D eigenvalue weighted by Crippen LogP contribution is -2.49. The molecule has 31 heavy (non-hydrogen) atoms. The van der Waals surface area contributed by atoms with Gasteiger partial charge in [-0.25, -0.2) is 9.97 Å². The fraction of sp³-hybridized carbons (Fsp3) is 0.261. The maximum atomic E-state index is 12.7. The highest BCUT2D eigenvalue weighted by Crippen LogP contribution is 2.29. The van der Waals surface area contributed by atoms with Gasteiger partial charge in [-0.1, -0.05) is 41.1 Å². The van der Waals surface area contributed by atoms with Crippen LogP contribution in [0.25, 0.3) is 0 Å². The van der Waals surface area contributed by atoms with E-state index in [1.807, 2.05) is 60.4 Å². The van der Waals surface area contributed by atoms with Gasteiger partial charge in [0.2, 0.25) is 5.91 Å². The van der Waals surface area contributed by atoms with Crippen molar-refractivity contribution in [2.75, 3.05) is 36.8 Å². The molecule has 2 aromatic carbocycles. The second-order valence-electron chi connectivity index (χ2n) is 7.21. The third-order valence-corrected chi connectivity index (χ3v) is 6.22. The first kappa shape index (κ1) is 21.5. The molecule has 3 aromatic rings. The SMILES string of the molecule is Cc1ccc(Oc2nccnc2SCC(=O)N2CCN(c3ccc(Cl)cc3)CC2)cc1. The van der Waals surface area contributed by atoms with E-state index in [1.165, 1.54) is 11.8 Å². The van der Waals surface area contributed by atoms with Crippen molar-refractivity contribution in [2.24, 2.45) is 0 Å². The zero-order chi connectivity index (χ0) is 21.6. The average molecular weight is 455 g/mol. The second kappa shape index (κ2) is 10.0. The number of rotatable bonds is 6. The summed E-state index contributed by atoms with van der Waals surface area (Å²) in [6.45, 7) is 4.99. The van der Waals surface area contributed by atoms with Gasteiger partial charge in [0.05, 0.1) is 5.75 Å². The Bertz CT molecular complexity index is 1020. The van der Waals surface area contributed by atoms with Gasteiger partial charge >= 0.3 is 0 Å². The van der Waals surface area contributed by atoms with Crippen molar-refractivity contribution in [1.29, 1.82) is 0 Å². The molecule has 1 aliphatic heterocycles. The lowest BCUT2D eigenvalue weighted by Gasteiger charge is -2.36. The first-order valence-electron chi connectivity index (χ1n) is 10.0. The molecule has 0 radical (unpaired) electrons. The number of ether oxygens (including phenoxy) is 1. The summed E-state index contributed by atoms with van der Waals surface area (Å²) in [6, 6.07) is 15.5. The number of carbonyl (C=O) groups is 1. The van der Waals surface area contributed by atoms with E-state index in [9.17, 15) is 4.79 Å². The molecular formula is C23H23ClN4O2S. The molecule has 1 amide bonds. The minimum atomic E-state index is 0.0905. The zero-order valence-electron chi connectivity index (χ0n) is 17.2. The first-order chi connectivity index (χ1) is 15.1. The molecule has 160 valence electrons. The van der Waals surface area contributed by atoms with Crippen LogP contribution in [-0.2, 0) is 4.79 Å². The van der Waals surface area contributed by atoms with Crippen molar-refractivity contribution in [3.8, 4) is 11.6 Å². The molecule has 1 fully saturated rings. The summed E-state index contributed by atoms with van der Waals surface area (Å²) in [6.07, 6.45) is 3.20. The molecule has 1 aliphatic rings. The predicted molar refractivity (Wildman–Crippen MR) is 124 cm³/mol. The smallest absolute Gasteiger partial charge is 0.252 e. The number of anilines is 1. The Balaban J connectivity index is 1.31. The maximum absolute atomic E-state index is 12.7. The van der Waals surface area contributed by atoms with Crippen LogP contribution in [0.1, 0.15) is 5.56 Å². The molecule has 0 spiro atoms. The summed E-state index contributed by atoms with van der Waals surface area (Å²) in [5.74, 6) is 1.49. The quantitative estimate of drug-likeness (QED) is 0.504. The summed E-state index contributed by atoms with van der Waals surface area (Å²) in [5.41, 5.74) is 2.28. The molecule has 2 heterocycles. The second-order valence-corrected chi connectivity index (χ2v) is 8.62. The Morgan fingerprint density at radius 2 is 1.68 bits per heavy atom. The van der Waals surface area contributed by atoms with Crippen molar-refractivity contribution in [1.82, 2.24) is 14.9 Å². The maximum Gasteiger partial charge on any atom is 0.252 e. The van der Waals surface area contributed by atoms with Crippen LogP contribution in [0.2, 0.25) is 5.02 Å². The molecule has 8 heteroatoms. The highest BCUT2D eigenvalue weighted by molar-refractivity contribution is 8.00. The van der Waals surface area contributed by atoms with Crippen LogP contribution in [0.15, 0.2) is 66.0 Å². The van der Waals surface area contributed by atoms with E-state index in [2.05, 4.69) is 14.9 Å². The first-order valence-corrected chi connectivity index (χ1v) is 11.4. The summed E-state index contributed by atoms with van der Waals surface area (Å²) in [4.78, 5) is 25.6. The van der Waals surface area contributed by atoms with Gasteiger partial charge in [0.1, 0.15) is 5.75 Å². The van der Waals surface area contributed by atoms with Crippen molar-refractivity contribution >= 4 is 35.0 Å². The van der Waals surface area contributed by atoms with E-state index in [0.717, 1.165) is 29.4 Å². The number of halogens is 1. The Morgan fingerprint density at radius 3 is 2.39 bits per heavy atom. The number of carbonyl (C=O) groups excluding carboxylic acids is 1. The largest absolute Gasteiger partial charge is 0.437 e. The molecule has 0 unspecified atom stereocenters. The molecule has 0 aliphatic carbocycles. The number of hydrogen-bond donors (Lipinski definition) is 0. The highest BCUT2D eigenvalue weighted by Gasteiger charge is 2.22. The van der Waals surface area contributed by atoms with Gasteiger partial charge < -0.3 is 14.5 Å². The van der Waals surface area contributed by atoms with Crippen molar-refractivity contribution in [3.05, 3.63) is 71.5 Å². The topological polar surface area (TPSA) is 58.6 Å². The molecular weight excluding hydrogens is 432 g/mol. The lowest BCUT2D eigenvalue weighted by molar-refractivity contribution is -0.128. The van der Waals surface area contributed by atoms with Crippen LogP contribution in [-0.4, -0.2) is 52.7 Å². The van der Waals surface area contributed by atoms with E-state index in [1.54, 1.807) is 12.4 Å². The van der Waals surface area contributed by atoms with E-state index >= 15 is 0 Å². The van der Waals surface area contributed by atoms with Crippen molar-refractivity contribution < 1.29 is 9.53 Å². The van der Waals surface area contributed by atoms with Crippen LogP contribution in [0.5, 0.6) is 11.6 Å². The van der Waals surface area contributed by atoms with Gasteiger partial charge in [0, 0.05) is 49.3 Å². The molecule has 4 rings (SSSR count). The fourth-order valence-corrected chi connectivity index (χ4v) is 4.21. The third kappa shape index (κ3) is 5.68. The standard InChI is InChI=1S/C23H23ClN4O2S/c1-17-2-8-20(9-3-17)30-22-23(26-11-10-25-22)31-16-21(29)28-14-12-27(13-15-28)19-6-4-18(24)5-7-19/h2-11H,12-16H2,1H3. The summed E-state index contributed by atoms with van der Waals surface area (Å²) >= 11 is 7.32. The number of aryl methyl sites for hydroxylation is 1. The van der Waals surface area contributed by atoms with E-state index in [-0.39, 0.29) is 5.91 Å². The number of nitrogens with zero attached hydrogens (tertiary/aromatic N) is 4. The molecule has 1 aromatic heterocycles.